The summed E-state index contributed by atoms with van der Waals surface area (Å²) in [6.07, 6.45) is 0.848. The van der Waals surface area contributed by atoms with E-state index in [4.69, 9.17) is 9.47 Å². The van der Waals surface area contributed by atoms with Crippen molar-refractivity contribution in [1.29, 1.82) is 0 Å². The number of hydrogen-bond donors (Lipinski definition) is 0. The Balaban J connectivity index is 2.14. The van der Waals surface area contributed by atoms with E-state index in [0.717, 1.165) is 25.3 Å². The summed E-state index contributed by atoms with van der Waals surface area (Å²) in [6.45, 7) is 11.7. The van der Waals surface area contributed by atoms with Crippen LogP contribution in [0, 0.1) is 11.8 Å². The summed E-state index contributed by atoms with van der Waals surface area (Å²) in [6, 6.07) is 8.36. The van der Waals surface area contributed by atoms with Crippen LogP contribution in [-0.2, 0) is 4.74 Å². The number of carbonyl (C=O) groups is 1. The van der Waals surface area contributed by atoms with Crippen LogP contribution in [0.2, 0.25) is 0 Å². The molecule has 0 bridgehead atoms. The Hall–Kier alpha value is -1.71. The van der Waals surface area contributed by atoms with Gasteiger partial charge in [0.25, 0.3) is 0 Å². The van der Waals surface area contributed by atoms with Crippen LogP contribution in [0.25, 0.3) is 0 Å². The van der Waals surface area contributed by atoms with Crippen LogP contribution >= 0.6 is 0 Å². The van der Waals surface area contributed by atoms with Gasteiger partial charge in [-0.3, -0.25) is 0 Å². The first-order valence-corrected chi connectivity index (χ1v) is 8.87. The number of carbonyl (C=O) groups excluding carboxylic acids is 1. The molecule has 0 saturated carbocycles. The van der Waals surface area contributed by atoms with Gasteiger partial charge in [-0.25, -0.2) is 4.79 Å². The molecule has 24 heavy (non-hydrogen) atoms. The maximum absolute atomic E-state index is 12.4. The van der Waals surface area contributed by atoms with Crippen LogP contribution in [0.15, 0.2) is 24.3 Å². The number of rotatable bonds is 3. The molecule has 1 aromatic carbocycles. The number of hydrogen-bond acceptors (Lipinski definition) is 3. The van der Waals surface area contributed by atoms with Crippen molar-refractivity contribution in [1.82, 2.24) is 4.90 Å². The van der Waals surface area contributed by atoms with Crippen LogP contribution in [0.3, 0.4) is 0 Å². The average molecular weight is 333 g/mol. The summed E-state index contributed by atoms with van der Waals surface area (Å²) in [5, 5.41) is 0. The van der Waals surface area contributed by atoms with E-state index in [0.29, 0.717) is 17.8 Å². The summed E-state index contributed by atoms with van der Waals surface area (Å²) in [7, 11) is 1.69. The average Bonchev–Trinajstić information content (AvgIpc) is 2.52. The molecular formula is C20H31NO3. The molecule has 1 aliphatic heterocycles. The Morgan fingerprint density at radius 2 is 1.83 bits per heavy atom. The lowest BCUT2D eigenvalue weighted by Crippen LogP contribution is -2.48. The highest BCUT2D eigenvalue weighted by atomic mass is 16.6. The molecule has 4 nitrogen and oxygen atoms in total. The summed E-state index contributed by atoms with van der Waals surface area (Å²) in [5.41, 5.74) is 0.883. The van der Waals surface area contributed by atoms with Gasteiger partial charge < -0.3 is 14.4 Å². The molecule has 1 aliphatic rings. The van der Waals surface area contributed by atoms with E-state index < -0.39 is 5.60 Å². The van der Waals surface area contributed by atoms with E-state index in [1.165, 1.54) is 5.56 Å². The second-order valence-corrected chi connectivity index (χ2v) is 7.83. The zero-order valence-electron chi connectivity index (χ0n) is 15.8. The summed E-state index contributed by atoms with van der Waals surface area (Å²) < 4.78 is 10.8. The van der Waals surface area contributed by atoms with Crippen LogP contribution in [0.5, 0.6) is 5.75 Å². The Labute approximate surface area is 146 Å². The third kappa shape index (κ3) is 4.43. The van der Waals surface area contributed by atoms with Gasteiger partial charge in [-0.15, -0.1) is 0 Å². The Bertz CT molecular complexity index is 547. The molecule has 0 N–H and O–H groups in total. The molecule has 0 spiro atoms. The molecule has 4 heteroatoms. The van der Waals surface area contributed by atoms with Crippen LogP contribution < -0.4 is 4.74 Å². The smallest absolute Gasteiger partial charge is 0.410 e. The fourth-order valence-electron chi connectivity index (χ4n) is 3.68. The zero-order valence-corrected chi connectivity index (χ0v) is 15.8. The summed E-state index contributed by atoms with van der Waals surface area (Å²) in [4.78, 5) is 14.3. The lowest BCUT2D eigenvalue weighted by atomic mass is 9.73. The normalized spacial score (nSPS) is 24.6. The Kier molecular flexibility index (Phi) is 5.79. The number of likely N-dealkylation sites (tertiary alicyclic amines) is 1. The molecule has 3 atom stereocenters. The molecule has 1 amide bonds. The minimum absolute atomic E-state index is 0.194. The molecule has 134 valence electrons. The predicted molar refractivity (Wildman–Crippen MR) is 96.5 cm³/mol. The van der Waals surface area contributed by atoms with Gasteiger partial charge >= 0.3 is 6.09 Å². The van der Waals surface area contributed by atoms with Crippen molar-refractivity contribution in [2.75, 3.05) is 20.2 Å². The van der Waals surface area contributed by atoms with Gasteiger partial charge in [0.15, 0.2) is 0 Å². The largest absolute Gasteiger partial charge is 0.497 e. The molecular weight excluding hydrogens is 302 g/mol. The molecule has 1 aromatic rings. The van der Waals surface area contributed by atoms with Gasteiger partial charge in [-0.05, 0) is 56.2 Å². The fourth-order valence-corrected chi connectivity index (χ4v) is 3.68. The highest BCUT2D eigenvalue weighted by Crippen LogP contribution is 2.39. The van der Waals surface area contributed by atoms with Gasteiger partial charge in [0, 0.05) is 13.1 Å². The predicted octanol–water partition coefficient (Wildman–Crippen LogP) is 4.69. The van der Waals surface area contributed by atoms with Gasteiger partial charge in [-0.1, -0.05) is 32.4 Å². The zero-order chi connectivity index (χ0) is 17.9. The second kappa shape index (κ2) is 7.45. The van der Waals surface area contributed by atoms with Gasteiger partial charge in [0.05, 0.1) is 7.11 Å². The van der Waals surface area contributed by atoms with Crippen LogP contribution in [-0.4, -0.2) is 36.8 Å². The summed E-state index contributed by atoms with van der Waals surface area (Å²) >= 11 is 0. The van der Waals surface area contributed by atoms with E-state index >= 15 is 0 Å². The number of ether oxygens (including phenoxy) is 2. The number of amides is 1. The van der Waals surface area contributed by atoms with Crippen molar-refractivity contribution in [3.05, 3.63) is 29.8 Å². The summed E-state index contributed by atoms with van der Waals surface area (Å²) in [5.74, 6) is 2.17. The molecule has 1 saturated heterocycles. The molecule has 0 aromatic heterocycles. The SMILES string of the molecule is CC[C@@H]1CN(C(=O)OC(C)(C)C)CC(C)[C@H]1c1ccc(OC)cc1. The van der Waals surface area contributed by atoms with Crippen molar-refractivity contribution in [2.24, 2.45) is 11.8 Å². The maximum atomic E-state index is 12.4. The molecule has 1 unspecified atom stereocenters. The second-order valence-electron chi connectivity index (χ2n) is 7.83. The lowest BCUT2D eigenvalue weighted by Gasteiger charge is -2.43. The van der Waals surface area contributed by atoms with E-state index in [1.54, 1.807) is 7.11 Å². The number of piperidine rings is 1. The molecule has 2 rings (SSSR count). The topological polar surface area (TPSA) is 38.8 Å². The minimum atomic E-state index is -0.450. The van der Waals surface area contributed by atoms with Crippen molar-refractivity contribution in [3.8, 4) is 5.75 Å². The van der Waals surface area contributed by atoms with Crippen LogP contribution in [0.4, 0.5) is 4.79 Å². The van der Waals surface area contributed by atoms with Gasteiger partial charge in [-0.2, -0.15) is 0 Å². The third-order valence-electron chi connectivity index (χ3n) is 4.76. The minimum Gasteiger partial charge on any atom is -0.497 e. The molecule has 1 fully saturated rings. The van der Waals surface area contributed by atoms with E-state index in [2.05, 4.69) is 26.0 Å². The van der Waals surface area contributed by atoms with Gasteiger partial charge in [0.1, 0.15) is 11.4 Å². The highest BCUT2D eigenvalue weighted by Gasteiger charge is 2.37. The van der Waals surface area contributed by atoms with Crippen molar-refractivity contribution >= 4 is 6.09 Å². The number of benzene rings is 1. The van der Waals surface area contributed by atoms with Crippen molar-refractivity contribution in [2.45, 2.75) is 52.6 Å². The van der Waals surface area contributed by atoms with E-state index in [-0.39, 0.29) is 6.09 Å². The van der Waals surface area contributed by atoms with E-state index in [9.17, 15) is 4.79 Å². The van der Waals surface area contributed by atoms with Crippen molar-refractivity contribution < 1.29 is 14.3 Å². The van der Waals surface area contributed by atoms with Crippen LogP contribution in [0.1, 0.15) is 52.5 Å². The monoisotopic (exact) mass is 333 g/mol. The Morgan fingerprint density at radius 3 is 2.33 bits per heavy atom. The molecule has 0 aliphatic carbocycles. The number of methoxy groups -OCH3 is 1. The highest BCUT2D eigenvalue weighted by molar-refractivity contribution is 5.68. The number of nitrogens with zero attached hydrogens (tertiary/aromatic N) is 1. The van der Waals surface area contributed by atoms with Gasteiger partial charge in [0.2, 0.25) is 0 Å². The molecule has 0 radical (unpaired) electrons. The molecule has 1 heterocycles. The Morgan fingerprint density at radius 1 is 1.21 bits per heavy atom. The lowest BCUT2D eigenvalue weighted by molar-refractivity contribution is 0.00684. The quantitative estimate of drug-likeness (QED) is 0.805. The first-order chi connectivity index (χ1) is 11.2. The van der Waals surface area contributed by atoms with E-state index in [1.807, 2.05) is 37.8 Å². The third-order valence-corrected chi connectivity index (χ3v) is 4.76. The fraction of sp³-hybridized carbons (Fsp3) is 0.650. The first kappa shape index (κ1) is 18.6. The first-order valence-electron chi connectivity index (χ1n) is 8.87. The standard InChI is InChI=1S/C20H31NO3/c1-7-15-13-21(19(22)24-20(3,4)5)12-14(2)18(15)16-8-10-17(23-6)11-9-16/h8-11,14-15,18H,7,12-13H2,1-6H3/t14?,15-,18-/m1/s1. The maximum Gasteiger partial charge on any atom is 0.410 e. The van der Waals surface area contributed by atoms with Crippen molar-refractivity contribution in [3.63, 3.8) is 0 Å².